The van der Waals surface area contributed by atoms with Crippen LogP contribution in [0.1, 0.15) is 24.0 Å². The molecule has 0 saturated carbocycles. The molecule has 0 amide bonds. The zero-order valence-electron chi connectivity index (χ0n) is 17.7. The fourth-order valence-corrected chi connectivity index (χ4v) is 5.94. The van der Waals surface area contributed by atoms with E-state index in [0.717, 1.165) is 24.8 Å². The average molecular weight is 476 g/mol. The standard InChI is InChI=1S/C24H26FNO4S2/c25-23-8-1-2-9-24(23)32(27,28)26(17-22-7-4-12-29-22)16-20-5-3-6-21(15-20)30-13-10-19-11-14-31-18-19/h1-3,5-6,8-9,11,14-15,18,22H,4,7,10,12-13,16-17H2/t22-/m1/s1. The van der Waals surface area contributed by atoms with Crippen molar-refractivity contribution in [3.05, 3.63) is 82.3 Å². The molecular formula is C24H26FNO4S2. The average Bonchev–Trinajstić information content (AvgIpc) is 3.48. The van der Waals surface area contributed by atoms with Crippen LogP contribution in [-0.2, 0) is 27.7 Å². The SMILES string of the molecule is O=S(=O)(c1ccccc1F)N(Cc1cccc(OCCc2ccsc2)c1)C[C@H]1CCCO1. The molecule has 32 heavy (non-hydrogen) atoms. The summed E-state index contributed by atoms with van der Waals surface area (Å²) in [5, 5.41) is 4.13. The van der Waals surface area contributed by atoms with E-state index in [-0.39, 0.29) is 24.1 Å². The van der Waals surface area contributed by atoms with Crippen LogP contribution in [0.3, 0.4) is 0 Å². The van der Waals surface area contributed by atoms with E-state index in [1.165, 1.54) is 34.1 Å². The van der Waals surface area contributed by atoms with Gasteiger partial charge in [-0.05, 0) is 65.1 Å². The van der Waals surface area contributed by atoms with E-state index in [1.54, 1.807) is 11.3 Å². The van der Waals surface area contributed by atoms with Crippen LogP contribution in [0.25, 0.3) is 0 Å². The molecule has 8 heteroatoms. The Morgan fingerprint density at radius 2 is 2.00 bits per heavy atom. The Morgan fingerprint density at radius 1 is 1.12 bits per heavy atom. The van der Waals surface area contributed by atoms with Gasteiger partial charge in [0.2, 0.25) is 10.0 Å². The normalized spacial score (nSPS) is 16.5. The van der Waals surface area contributed by atoms with Gasteiger partial charge < -0.3 is 9.47 Å². The maximum atomic E-state index is 14.4. The topological polar surface area (TPSA) is 55.8 Å². The first-order chi connectivity index (χ1) is 15.5. The molecule has 1 fully saturated rings. The molecule has 1 aliphatic rings. The van der Waals surface area contributed by atoms with Gasteiger partial charge in [-0.25, -0.2) is 12.8 Å². The molecule has 0 radical (unpaired) electrons. The molecule has 170 valence electrons. The van der Waals surface area contributed by atoms with Crippen LogP contribution >= 0.6 is 11.3 Å². The van der Waals surface area contributed by atoms with Gasteiger partial charge in [-0.15, -0.1) is 0 Å². The molecule has 0 bridgehead atoms. The first-order valence-electron chi connectivity index (χ1n) is 10.6. The lowest BCUT2D eigenvalue weighted by molar-refractivity contribution is 0.0925. The third kappa shape index (κ3) is 5.75. The van der Waals surface area contributed by atoms with E-state index in [0.29, 0.717) is 19.0 Å². The first kappa shape index (κ1) is 22.9. The molecule has 1 aliphatic heterocycles. The minimum absolute atomic E-state index is 0.109. The van der Waals surface area contributed by atoms with Crippen molar-refractivity contribution >= 4 is 21.4 Å². The summed E-state index contributed by atoms with van der Waals surface area (Å²) in [7, 11) is -4.04. The Bertz CT molecular complexity index is 1110. The maximum Gasteiger partial charge on any atom is 0.246 e. The zero-order valence-corrected chi connectivity index (χ0v) is 19.3. The second-order valence-electron chi connectivity index (χ2n) is 7.74. The first-order valence-corrected chi connectivity index (χ1v) is 13.0. The zero-order chi connectivity index (χ0) is 22.4. The summed E-state index contributed by atoms with van der Waals surface area (Å²) in [5.74, 6) is -0.0755. The predicted octanol–water partition coefficient (Wildman–Crippen LogP) is 4.88. The molecule has 1 saturated heterocycles. The van der Waals surface area contributed by atoms with E-state index in [4.69, 9.17) is 9.47 Å². The Morgan fingerprint density at radius 3 is 2.75 bits per heavy atom. The summed E-state index contributed by atoms with van der Waals surface area (Å²) < 4.78 is 53.9. The summed E-state index contributed by atoms with van der Waals surface area (Å²) in [4.78, 5) is -0.318. The van der Waals surface area contributed by atoms with Crippen LogP contribution in [0.4, 0.5) is 4.39 Å². The summed E-state index contributed by atoms with van der Waals surface area (Å²) in [6.45, 7) is 1.44. The van der Waals surface area contributed by atoms with Gasteiger partial charge in [-0.3, -0.25) is 0 Å². The maximum absolute atomic E-state index is 14.4. The summed E-state index contributed by atoms with van der Waals surface area (Å²) in [6.07, 6.45) is 2.29. The molecule has 0 spiro atoms. The van der Waals surface area contributed by atoms with Crippen LogP contribution in [0, 0.1) is 5.82 Å². The molecule has 1 atom stereocenters. The third-order valence-corrected chi connectivity index (χ3v) is 7.96. The molecule has 0 unspecified atom stereocenters. The van der Waals surface area contributed by atoms with E-state index in [1.807, 2.05) is 29.6 Å². The van der Waals surface area contributed by atoms with Gasteiger partial charge in [0.1, 0.15) is 16.5 Å². The van der Waals surface area contributed by atoms with Crippen molar-refractivity contribution in [2.24, 2.45) is 0 Å². The van der Waals surface area contributed by atoms with Crippen molar-refractivity contribution in [2.45, 2.75) is 36.8 Å². The van der Waals surface area contributed by atoms with Crippen LogP contribution in [0.15, 0.2) is 70.3 Å². The predicted molar refractivity (Wildman–Crippen MR) is 123 cm³/mol. The number of thiophene rings is 1. The lowest BCUT2D eigenvalue weighted by Crippen LogP contribution is -2.37. The Hall–Kier alpha value is -2.26. The van der Waals surface area contributed by atoms with Crippen LogP contribution in [0.5, 0.6) is 5.75 Å². The van der Waals surface area contributed by atoms with Crippen molar-refractivity contribution in [1.82, 2.24) is 4.31 Å². The number of ether oxygens (including phenoxy) is 2. The van der Waals surface area contributed by atoms with Gasteiger partial charge >= 0.3 is 0 Å². The van der Waals surface area contributed by atoms with E-state index < -0.39 is 15.8 Å². The molecule has 0 aliphatic carbocycles. The Balaban J connectivity index is 1.51. The molecule has 3 aromatic rings. The number of halogens is 1. The molecule has 2 heterocycles. The number of benzene rings is 2. The number of nitrogens with zero attached hydrogens (tertiary/aromatic N) is 1. The highest BCUT2D eigenvalue weighted by Gasteiger charge is 2.31. The second-order valence-corrected chi connectivity index (χ2v) is 10.4. The lowest BCUT2D eigenvalue weighted by Gasteiger charge is -2.25. The third-order valence-electron chi connectivity index (χ3n) is 5.38. The van der Waals surface area contributed by atoms with Crippen molar-refractivity contribution in [3.8, 4) is 5.75 Å². The largest absolute Gasteiger partial charge is 0.493 e. The van der Waals surface area contributed by atoms with E-state index in [2.05, 4.69) is 11.4 Å². The van der Waals surface area contributed by atoms with Crippen LogP contribution in [0.2, 0.25) is 0 Å². The van der Waals surface area contributed by atoms with Crippen LogP contribution in [-0.4, -0.2) is 38.6 Å². The van der Waals surface area contributed by atoms with Gasteiger partial charge in [-0.2, -0.15) is 15.6 Å². The number of sulfonamides is 1. The highest BCUT2D eigenvalue weighted by Crippen LogP contribution is 2.25. The molecule has 5 nitrogen and oxygen atoms in total. The molecule has 0 N–H and O–H groups in total. The summed E-state index contributed by atoms with van der Waals surface area (Å²) in [5.41, 5.74) is 2.00. The van der Waals surface area contributed by atoms with Crippen molar-refractivity contribution in [1.29, 1.82) is 0 Å². The van der Waals surface area contributed by atoms with Gasteiger partial charge in [0.25, 0.3) is 0 Å². The highest BCUT2D eigenvalue weighted by molar-refractivity contribution is 7.89. The van der Waals surface area contributed by atoms with Crippen molar-refractivity contribution in [2.75, 3.05) is 19.8 Å². The molecule has 2 aromatic carbocycles. The Labute approximate surface area is 192 Å². The van der Waals surface area contributed by atoms with Gasteiger partial charge in [-0.1, -0.05) is 24.3 Å². The minimum atomic E-state index is -4.04. The van der Waals surface area contributed by atoms with Gasteiger partial charge in [0.05, 0.1) is 12.7 Å². The number of rotatable bonds is 10. The van der Waals surface area contributed by atoms with Gasteiger partial charge in [0, 0.05) is 26.1 Å². The van der Waals surface area contributed by atoms with E-state index >= 15 is 0 Å². The fraction of sp³-hybridized carbons (Fsp3) is 0.333. The quantitative estimate of drug-likeness (QED) is 0.419. The number of hydrogen-bond acceptors (Lipinski definition) is 5. The van der Waals surface area contributed by atoms with Gasteiger partial charge in [0.15, 0.2) is 0 Å². The second kappa shape index (κ2) is 10.6. The monoisotopic (exact) mass is 475 g/mol. The molecule has 4 rings (SSSR count). The lowest BCUT2D eigenvalue weighted by atomic mass is 10.2. The minimum Gasteiger partial charge on any atom is -0.493 e. The molecular weight excluding hydrogens is 449 g/mol. The fourth-order valence-electron chi connectivity index (χ4n) is 3.72. The Kier molecular flexibility index (Phi) is 7.57. The summed E-state index contributed by atoms with van der Waals surface area (Å²) >= 11 is 1.65. The highest BCUT2D eigenvalue weighted by atomic mass is 32.2. The van der Waals surface area contributed by atoms with Crippen LogP contribution < -0.4 is 4.74 Å². The van der Waals surface area contributed by atoms with Crippen molar-refractivity contribution < 1.29 is 22.3 Å². The smallest absolute Gasteiger partial charge is 0.246 e. The number of hydrogen-bond donors (Lipinski definition) is 0. The van der Waals surface area contributed by atoms with E-state index in [9.17, 15) is 12.8 Å². The van der Waals surface area contributed by atoms with Crippen molar-refractivity contribution in [3.63, 3.8) is 0 Å². The summed E-state index contributed by atoms with van der Waals surface area (Å²) in [6, 6.07) is 14.9. The molecule has 1 aromatic heterocycles.